The van der Waals surface area contributed by atoms with E-state index in [-0.39, 0.29) is 0 Å². The molecule has 0 bridgehead atoms. The lowest BCUT2D eigenvalue weighted by Gasteiger charge is -1.97. The monoisotopic (exact) mass is 164 g/mol. The molecular formula is C11H16O. The van der Waals surface area contributed by atoms with E-state index in [0.29, 0.717) is 0 Å². The molecule has 1 aromatic rings. The summed E-state index contributed by atoms with van der Waals surface area (Å²) in [6, 6.07) is 5.85. The van der Waals surface area contributed by atoms with Crippen LogP contribution in [0.3, 0.4) is 0 Å². The molecule has 0 atom stereocenters. The van der Waals surface area contributed by atoms with Crippen LogP contribution in [0, 0.1) is 13.8 Å². The third kappa shape index (κ3) is 2.87. The minimum Gasteiger partial charge on any atom is -0.298 e. The maximum atomic E-state index is 10.4. The zero-order chi connectivity index (χ0) is 9.56. The van der Waals surface area contributed by atoms with Crippen molar-refractivity contribution in [2.24, 2.45) is 0 Å². The zero-order valence-electron chi connectivity index (χ0n) is 8.22. The molecule has 0 radical (unpaired) electrons. The van der Waals surface area contributed by atoms with Crippen molar-refractivity contribution < 1.29 is 4.79 Å². The van der Waals surface area contributed by atoms with E-state index in [2.05, 4.69) is 0 Å². The Morgan fingerprint density at radius 2 is 1.75 bits per heavy atom. The summed E-state index contributed by atoms with van der Waals surface area (Å²) in [7, 11) is 0. The molecule has 12 heavy (non-hydrogen) atoms. The van der Waals surface area contributed by atoms with Gasteiger partial charge in [-0.1, -0.05) is 31.5 Å². The van der Waals surface area contributed by atoms with Gasteiger partial charge in [-0.15, -0.1) is 0 Å². The Morgan fingerprint density at radius 3 is 2.17 bits per heavy atom. The number of benzene rings is 1. The van der Waals surface area contributed by atoms with E-state index in [4.69, 9.17) is 0 Å². The van der Waals surface area contributed by atoms with Crippen LogP contribution in [0.4, 0.5) is 0 Å². The van der Waals surface area contributed by atoms with Crippen LogP contribution in [0.15, 0.2) is 18.2 Å². The van der Waals surface area contributed by atoms with Crippen LogP contribution >= 0.6 is 0 Å². The van der Waals surface area contributed by atoms with Gasteiger partial charge in [-0.05, 0) is 25.5 Å². The average molecular weight is 164 g/mol. The predicted molar refractivity (Wildman–Crippen MR) is 52.7 cm³/mol. The van der Waals surface area contributed by atoms with Crippen molar-refractivity contribution in [2.45, 2.75) is 27.7 Å². The summed E-state index contributed by atoms with van der Waals surface area (Å²) in [5.41, 5.74) is 2.97. The molecule has 66 valence electrons. The number of hydrogen-bond acceptors (Lipinski definition) is 1. The Bertz CT molecular complexity index is 251. The molecule has 0 aliphatic rings. The first kappa shape index (κ1) is 10.9. The highest BCUT2D eigenvalue weighted by molar-refractivity contribution is 5.77. The van der Waals surface area contributed by atoms with Crippen molar-refractivity contribution in [3.8, 4) is 0 Å². The summed E-state index contributed by atoms with van der Waals surface area (Å²) in [6.45, 7) is 7.91. The molecule has 0 aliphatic heterocycles. The molecule has 1 aromatic carbocycles. The van der Waals surface area contributed by atoms with E-state index >= 15 is 0 Å². The van der Waals surface area contributed by atoms with Crippen molar-refractivity contribution in [1.29, 1.82) is 0 Å². The van der Waals surface area contributed by atoms with E-state index in [1.54, 1.807) is 0 Å². The summed E-state index contributed by atoms with van der Waals surface area (Å²) >= 11 is 0. The number of aryl methyl sites for hydroxylation is 2. The number of carbonyl (C=O) groups is 1. The van der Waals surface area contributed by atoms with Crippen molar-refractivity contribution in [3.05, 3.63) is 34.9 Å². The van der Waals surface area contributed by atoms with Crippen LogP contribution in [-0.2, 0) is 0 Å². The zero-order valence-corrected chi connectivity index (χ0v) is 8.22. The van der Waals surface area contributed by atoms with Crippen LogP contribution in [0.1, 0.15) is 35.3 Å². The largest absolute Gasteiger partial charge is 0.298 e. The molecule has 0 aromatic heterocycles. The van der Waals surface area contributed by atoms with E-state index in [0.717, 1.165) is 23.0 Å². The normalized spacial score (nSPS) is 8.33. The number of rotatable bonds is 1. The lowest BCUT2D eigenvalue weighted by molar-refractivity contribution is 0.112. The number of aldehydes is 1. The Hall–Kier alpha value is -1.11. The van der Waals surface area contributed by atoms with Gasteiger partial charge in [-0.2, -0.15) is 0 Å². The second kappa shape index (κ2) is 5.53. The lowest BCUT2D eigenvalue weighted by Crippen LogP contribution is -1.85. The summed E-state index contributed by atoms with van der Waals surface area (Å²) in [6.07, 6.45) is 0.891. The fraction of sp³-hybridized carbons (Fsp3) is 0.364. The quantitative estimate of drug-likeness (QED) is 0.583. The third-order valence-corrected chi connectivity index (χ3v) is 1.56. The van der Waals surface area contributed by atoms with E-state index in [9.17, 15) is 4.79 Å². The highest BCUT2D eigenvalue weighted by Gasteiger charge is 1.94. The Labute approximate surface area is 74.4 Å². The molecule has 0 aliphatic carbocycles. The Balaban J connectivity index is 0.000000561. The van der Waals surface area contributed by atoms with Crippen LogP contribution in [0.5, 0.6) is 0 Å². The predicted octanol–water partition coefficient (Wildman–Crippen LogP) is 3.14. The van der Waals surface area contributed by atoms with E-state index in [1.807, 2.05) is 45.9 Å². The summed E-state index contributed by atoms with van der Waals surface area (Å²) in [5, 5.41) is 0. The van der Waals surface area contributed by atoms with E-state index < -0.39 is 0 Å². The van der Waals surface area contributed by atoms with Crippen LogP contribution in [-0.4, -0.2) is 6.29 Å². The molecule has 0 saturated heterocycles. The molecule has 1 heteroatoms. The van der Waals surface area contributed by atoms with Crippen LogP contribution in [0.25, 0.3) is 0 Å². The van der Waals surface area contributed by atoms with Crippen molar-refractivity contribution in [2.75, 3.05) is 0 Å². The first-order chi connectivity index (χ1) is 5.74. The maximum absolute atomic E-state index is 10.4. The SMILES string of the molecule is CC.Cc1ccc(C)c(C=O)c1. The molecule has 0 fully saturated rings. The third-order valence-electron chi connectivity index (χ3n) is 1.56. The van der Waals surface area contributed by atoms with Gasteiger partial charge < -0.3 is 0 Å². The second-order valence-electron chi connectivity index (χ2n) is 2.48. The molecule has 1 nitrogen and oxygen atoms in total. The molecule has 0 N–H and O–H groups in total. The lowest BCUT2D eigenvalue weighted by atomic mass is 10.1. The van der Waals surface area contributed by atoms with Gasteiger partial charge in [0, 0.05) is 5.56 Å². The van der Waals surface area contributed by atoms with Gasteiger partial charge in [0.15, 0.2) is 0 Å². The van der Waals surface area contributed by atoms with Gasteiger partial charge in [0.1, 0.15) is 6.29 Å². The maximum Gasteiger partial charge on any atom is 0.150 e. The molecular weight excluding hydrogens is 148 g/mol. The smallest absolute Gasteiger partial charge is 0.150 e. The molecule has 1 rings (SSSR count). The van der Waals surface area contributed by atoms with Crippen molar-refractivity contribution in [3.63, 3.8) is 0 Å². The molecule has 0 unspecified atom stereocenters. The van der Waals surface area contributed by atoms with Gasteiger partial charge in [-0.25, -0.2) is 0 Å². The highest BCUT2D eigenvalue weighted by Crippen LogP contribution is 2.07. The molecule has 0 saturated carbocycles. The molecule has 0 amide bonds. The molecule has 0 spiro atoms. The van der Waals surface area contributed by atoms with Crippen LogP contribution < -0.4 is 0 Å². The highest BCUT2D eigenvalue weighted by atomic mass is 16.1. The standard InChI is InChI=1S/C9H10O.C2H6/c1-7-3-4-8(2)9(5-7)6-10;1-2/h3-6H,1-2H3;1-2H3. The van der Waals surface area contributed by atoms with Gasteiger partial charge in [0.2, 0.25) is 0 Å². The van der Waals surface area contributed by atoms with Gasteiger partial charge >= 0.3 is 0 Å². The average Bonchev–Trinajstić information content (AvgIpc) is 2.13. The topological polar surface area (TPSA) is 17.1 Å². The minimum atomic E-state index is 0.792. The Kier molecular flexibility index (Phi) is 5.02. The van der Waals surface area contributed by atoms with Gasteiger partial charge in [0.25, 0.3) is 0 Å². The summed E-state index contributed by atoms with van der Waals surface area (Å²) in [5.74, 6) is 0. The summed E-state index contributed by atoms with van der Waals surface area (Å²) < 4.78 is 0. The summed E-state index contributed by atoms with van der Waals surface area (Å²) in [4.78, 5) is 10.4. The van der Waals surface area contributed by atoms with Crippen molar-refractivity contribution >= 4 is 6.29 Å². The number of carbonyl (C=O) groups excluding carboxylic acids is 1. The first-order valence-corrected chi connectivity index (χ1v) is 4.26. The fourth-order valence-electron chi connectivity index (χ4n) is 0.887. The second-order valence-corrected chi connectivity index (χ2v) is 2.48. The van der Waals surface area contributed by atoms with Gasteiger partial charge in [0.05, 0.1) is 0 Å². The van der Waals surface area contributed by atoms with E-state index in [1.165, 1.54) is 0 Å². The molecule has 0 heterocycles. The number of hydrogen-bond donors (Lipinski definition) is 0. The Morgan fingerprint density at radius 1 is 1.17 bits per heavy atom. The van der Waals surface area contributed by atoms with Gasteiger partial charge in [-0.3, -0.25) is 4.79 Å². The minimum absolute atomic E-state index is 0.792. The van der Waals surface area contributed by atoms with Crippen molar-refractivity contribution in [1.82, 2.24) is 0 Å². The van der Waals surface area contributed by atoms with Crippen LogP contribution in [0.2, 0.25) is 0 Å². The fourth-order valence-corrected chi connectivity index (χ4v) is 0.887. The first-order valence-electron chi connectivity index (χ1n) is 4.26.